The molecule has 1 unspecified atom stereocenters. The van der Waals surface area contributed by atoms with Crippen LogP contribution < -0.4 is 11.1 Å². The lowest BCUT2D eigenvalue weighted by Crippen LogP contribution is -2.18. The molecule has 0 amide bonds. The first kappa shape index (κ1) is 11.7. The summed E-state index contributed by atoms with van der Waals surface area (Å²) in [7, 11) is 1.88. The SMILES string of the molecule is CC(NCc1cn(C)nc1N)c1ccccc1. The molecule has 4 heteroatoms. The Morgan fingerprint density at radius 3 is 2.65 bits per heavy atom. The Balaban J connectivity index is 1.97. The van der Waals surface area contributed by atoms with Crippen molar-refractivity contribution in [2.75, 3.05) is 5.73 Å². The van der Waals surface area contributed by atoms with E-state index in [2.05, 4.69) is 29.5 Å². The number of hydrogen-bond acceptors (Lipinski definition) is 3. The maximum atomic E-state index is 5.79. The molecule has 2 rings (SSSR count). The zero-order valence-electron chi connectivity index (χ0n) is 10.2. The fourth-order valence-corrected chi connectivity index (χ4v) is 1.81. The molecule has 1 aromatic carbocycles. The first-order chi connectivity index (χ1) is 8.16. The smallest absolute Gasteiger partial charge is 0.149 e. The number of hydrogen-bond donors (Lipinski definition) is 2. The van der Waals surface area contributed by atoms with Crippen LogP contribution in [0.15, 0.2) is 36.5 Å². The predicted molar refractivity (Wildman–Crippen MR) is 69.3 cm³/mol. The van der Waals surface area contributed by atoms with Crippen molar-refractivity contribution in [2.45, 2.75) is 19.5 Å². The quantitative estimate of drug-likeness (QED) is 0.842. The van der Waals surface area contributed by atoms with Crippen molar-refractivity contribution in [2.24, 2.45) is 7.05 Å². The van der Waals surface area contributed by atoms with Crippen molar-refractivity contribution in [1.29, 1.82) is 0 Å². The van der Waals surface area contributed by atoms with Crippen LogP contribution in [0.25, 0.3) is 0 Å². The van der Waals surface area contributed by atoms with Gasteiger partial charge in [-0.15, -0.1) is 0 Å². The molecule has 2 aromatic rings. The summed E-state index contributed by atoms with van der Waals surface area (Å²) < 4.78 is 1.74. The van der Waals surface area contributed by atoms with Crippen LogP contribution in [0.2, 0.25) is 0 Å². The van der Waals surface area contributed by atoms with E-state index in [1.165, 1.54) is 5.56 Å². The number of aromatic nitrogens is 2. The highest BCUT2D eigenvalue weighted by atomic mass is 15.3. The van der Waals surface area contributed by atoms with Crippen molar-refractivity contribution in [3.8, 4) is 0 Å². The van der Waals surface area contributed by atoms with Crippen LogP contribution in [0.4, 0.5) is 5.82 Å². The van der Waals surface area contributed by atoms with Gasteiger partial charge in [-0.05, 0) is 12.5 Å². The first-order valence-corrected chi connectivity index (χ1v) is 5.73. The molecule has 0 radical (unpaired) electrons. The van der Waals surface area contributed by atoms with E-state index in [9.17, 15) is 0 Å². The number of nitrogens with zero attached hydrogens (tertiary/aromatic N) is 2. The lowest BCUT2D eigenvalue weighted by molar-refractivity contribution is 0.575. The normalized spacial score (nSPS) is 12.6. The van der Waals surface area contributed by atoms with Crippen LogP contribution in [0.5, 0.6) is 0 Å². The van der Waals surface area contributed by atoms with Crippen LogP contribution in [-0.2, 0) is 13.6 Å². The van der Waals surface area contributed by atoms with Gasteiger partial charge in [0.2, 0.25) is 0 Å². The maximum absolute atomic E-state index is 5.79. The lowest BCUT2D eigenvalue weighted by atomic mass is 10.1. The number of benzene rings is 1. The van der Waals surface area contributed by atoms with E-state index in [1.807, 2.05) is 31.4 Å². The molecule has 0 saturated carbocycles. The zero-order valence-corrected chi connectivity index (χ0v) is 10.2. The van der Waals surface area contributed by atoms with Gasteiger partial charge in [-0.1, -0.05) is 30.3 Å². The highest BCUT2D eigenvalue weighted by Crippen LogP contribution is 2.14. The molecule has 0 spiro atoms. The van der Waals surface area contributed by atoms with Crippen molar-refractivity contribution in [1.82, 2.24) is 15.1 Å². The second-order valence-electron chi connectivity index (χ2n) is 4.23. The van der Waals surface area contributed by atoms with E-state index in [4.69, 9.17) is 5.73 Å². The second kappa shape index (κ2) is 5.01. The molecule has 0 aliphatic rings. The largest absolute Gasteiger partial charge is 0.382 e. The van der Waals surface area contributed by atoms with Gasteiger partial charge in [-0.2, -0.15) is 5.10 Å². The van der Waals surface area contributed by atoms with E-state index in [-0.39, 0.29) is 0 Å². The van der Waals surface area contributed by atoms with Crippen molar-refractivity contribution < 1.29 is 0 Å². The number of rotatable bonds is 4. The van der Waals surface area contributed by atoms with Gasteiger partial charge in [0.05, 0.1) is 0 Å². The Bertz CT molecular complexity index is 475. The first-order valence-electron chi connectivity index (χ1n) is 5.73. The summed E-state index contributed by atoms with van der Waals surface area (Å²) >= 11 is 0. The van der Waals surface area contributed by atoms with E-state index in [1.54, 1.807) is 4.68 Å². The average Bonchev–Trinajstić information content (AvgIpc) is 2.66. The Morgan fingerprint density at radius 1 is 1.35 bits per heavy atom. The fraction of sp³-hybridized carbons (Fsp3) is 0.308. The topological polar surface area (TPSA) is 55.9 Å². The number of nitrogens with one attached hydrogen (secondary N) is 1. The molecule has 90 valence electrons. The third kappa shape index (κ3) is 2.85. The molecule has 0 bridgehead atoms. The van der Waals surface area contributed by atoms with E-state index >= 15 is 0 Å². The minimum Gasteiger partial charge on any atom is -0.382 e. The van der Waals surface area contributed by atoms with Crippen LogP contribution >= 0.6 is 0 Å². The number of aryl methyl sites for hydroxylation is 1. The third-order valence-corrected chi connectivity index (χ3v) is 2.84. The third-order valence-electron chi connectivity index (χ3n) is 2.84. The molecule has 3 N–H and O–H groups in total. The van der Waals surface area contributed by atoms with E-state index < -0.39 is 0 Å². The summed E-state index contributed by atoms with van der Waals surface area (Å²) in [6.07, 6.45) is 1.94. The van der Waals surface area contributed by atoms with Crippen LogP contribution in [0.1, 0.15) is 24.1 Å². The molecule has 1 heterocycles. The minimum atomic E-state index is 0.302. The molecular weight excluding hydrogens is 212 g/mol. The van der Waals surface area contributed by atoms with Gasteiger partial charge >= 0.3 is 0 Å². The average molecular weight is 230 g/mol. The van der Waals surface area contributed by atoms with Gasteiger partial charge in [0, 0.05) is 31.4 Å². The van der Waals surface area contributed by atoms with Gasteiger partial charge < -0.3 is 11.1 Å². The predicted octanol–water partition coefficient (Wildman–Crippen LogP) is 1.85. The standard InChI is InChI=1S/C13H18N4/c1-10(11-6-4-3-5-7-11)15-8-12-9-17(2)16-13(12)14/h3-7,9-10,15H,8H2,1-2H3,(H2,14,16). The Kier molecular flexibility index (Phi) is 3.44. The van der Waals surface area contributed by atoms with Crippen LogP contribution in [0.3, 0.4) is 0 Å². The molecule has 4 nitrogen and oxygen atoms in total. The Morgan fingerprint density at radius 2 is 2.06 bits per heavy atom. The molecular formula is C13H18N4. The van der Waals surface area contributed by atoms with Gasteiger partial charge in [0.1, 0.15) is 5.82 Å². The maximum Gasteiger partial charge on any atom is 0.149 e. The molecule has 0 fully saturated rings. The van der Waals surface area contributed by atoms with Gasteiger partial charge in [0.15, 0.2) is 0 Å². The summed E-state index contributed by atoms with van der Waals surface area (Å²) in [5, 5.41) is 7.55. The van der Waals surface area contributed by atoms with Gasteiger partial charge in [-0.25, -0.2) is 0 Å². The molecule has 0 saturated heterocycles. The molecule has 0 aliphatic carbocycles. The molecule has 1 aromatic heterocycles. The van der Waals surface area contributed by atoms with Crippen molar-refractivity contribution >= 4 is 5.82 Å². The van der Waals surface area contributed by atoms with Crippen molar-refractivity contribution in [3.05, 3.63) is 47.7 Å². The Hall–Kier alpha value is -1.81. The summed E-state index contributed by atoms with van der Waals surface area (Å²) in [5.74, 6) is 0.597. The summed E-state index contributed by atoms with van der Waals surface area (Å²) in [6, 6.07) is 10.7. The number of nitrogens with two attached hydrogens (primary N) is 1. The van der Waals surface area contributed by atoms with Crippen molar-refractivity contribution in [3.63, 3.8) is 0 Å². The Labute approximate surface area is 101 Å². The molecule has 17 heavy (non-hydrogen) atoms. The lowest BCUT2D eigenvalue weighted by Gasteiger charge is -2.13. The second-order valence-corrected chi connectivity index (χ2v) is 4.23. The number of nitrogen functional groups attached to an aromatic ring is 1. The van der Waals surface area contributed by atoms with E-state index in [0.29, 0.717) is 11.9 Å². The summed E-state index contributed by atoms with van der Waals surface area (Å²) in [4.78, 5) is 0. The monoisotopic (exact) mass is 230 g/mol. The zero-order chi connectivity index (χ0) is 12.3. The summed E-state index contributed by atoms with van der Waals surface area (Å²) in [6.45, 7) is 2.87. The summed E-state index contributed by atoms with van der Waals surface area (Å²) in [5.41, 5.74) is 8.10. The highest BCUT2D eigenvalue weighted by Gasteiger charge is 2.07. The van der Waals surface area contributed by atoms with E-state index in [0.717, 1.165) is 12.1 Å². The minimum absolute atomic E-state index is 0.302. The molecule has 1 atom stereocenters. The fourth-order valence-electron chi connectivity index (χ4n) is 1.81. The highest BCUT2D eigenvalue weighted by molar-refractivity contribution is 5.37. The van der Waals surface area contributed by atoms with Crippen LogP contribution in [0, 0.1) is 0 Å². The molecule has 0 aliphatic heterocycles. The van der Waals surface area contributed by atoms with Crippen LogP contribution in [-0.4, -0.2) is 9.78 Å². The van der Waals surface area contributed by atoms with Gasteiger partial charge in [0.25, 0.3) is 0 Å². The van der Waals surface area contributed by atoms with Gasteiger partial charge in [-0.3, -0.25) is 4.68 Å². The number of anilines is 1.